The van der Waals surface area contributed by atoms with Crippen LogP contribution in [-0.2, 0) is 6.42 Å². The van der Waals surface area contributed by atoms with Crippen LogP contribution in [0, 0.1) is 19.8 Å². The SMILES string of the molecule is Cc1ccc(CC(C)NC(=O)N2CCCC(C(C)O)C2)c(C)c1. The number of nitrogens with one attached hydrogen (secondary N) is 1. The zero-order chi connectivity index (χ0) is 17.0. The maximum atomic E-state index is 12.4. The summed E-state index contributed by atoms with van der Waals surface area (Å²) in [7, 11) is 0. The molecule has 4 heteroatoms. The Morgan fingerprint density at radius 3 is 2.78 bits per heavy atom. The van der Waals surface area contributed by atoms with Crippen molar-refractivity contribution in [3.8, 4) is 0 Å². The topological polar surface area (TPSA) is 52.6 Å². The van der Waals surface area contributed by atoms with E-state index in [-0.39, 0.29) is 24.1 Å². The molecule has 0 saturated carbocycles. The van der Waals surface area contributed by atoms with Gasteiger partial charge < -0.3 is 15.3 Å². The lowest BCUT2D eigenvalue weighted by molar-refractivity contribution is 0.0734. The number of aliphatic hydroxyl groups is 1. The summed E-state index contributed by atoms with van der Waals surface area (Å²) in [6.07, 6.45) is 2.46. The average Bonchev–Trinajstić information content (AvgIpc) is 2.50. The molecule has 1 aromatic carbocycles. The maximum absolute atomic E-state index is 12.4. The van der Waals surface area contributed by atoms with E-state index in [2.05, 4.69) is 37.4 Å². The van der Waals surface area contributed by atoms with E-state index in [4.69, 9.17) is 0 Å². The molecule has 1 aliphatic rings. The average molecular weight is 318 g/mol. The molecule has 0 radical (unpaired) electrons. The first-order valence-electron chi connectivity index (χ1n) is 8.66. The fraction of sp³-hybridized carbons (Fsp3) is 0.632. The van der Waals surface area contributed by atoms with Crippen molar-refractivity contribution in [2.75, 3.05) is 13.1 Å². The molecule has 0 bridgehead atoms. The number of carbonyl (C=O) groups excluding carboxylic acids is 1. The number of piperidine rings is 1. The van der Waals surface area contributed by atoms with Crippen LogP contribution < -0.4 is 5.32 Å². The van der Waals surface area contributed by atoms with Gasteiger partial charge in [0.1, 0.15) is 0 Å². The van der Waals surface area contributed by atoms with Gasteiger partial charge in [0.25, 0.3) is 0 Å². The number of likely N-dealkylation sites (tertiary alicyclic amines) is 1. The molecule has 1 aromatic rings. The van der Waals surface area contributed by atoms with Crippen molar-refractivity contribution in [1.82, 2.24) is 10.2 Å². The van der Waals surface area contributed by atoms with Crippen LogP contribution in [0.4, 0.5) is 4.79 Å². The number of rotatable bonds is 4. The van der Waals surface area contributed by atoms with Crippen LogP contribution in [0.25, 0.3) is 0 Å². The second-order valence-corrected chi connectivity index (χ2v) is 7.07. The third kappa shape index (κ3) is 4.96. The number of urea groups is 1. The van der Waals surface area contributed by atoms with Crippen LogP contribution in [0.2, 0.25) is 0 Å². The van der Waals surface area contributed by atoms with E-state index in [0.717, 1.165) is 25.8 Å². The van der Waals surface area contributed by atoms with Crippen molar-refractivity contribution in [3.05, 3.63) is 34.9 Å². The predicted octanol–water partition coefficient (Wildman–Crippen LogP) is 3.04. The van der Waals surface area contributed by atoms with E-state index in [1.807, 2.05) is 18.7 Å². The Hall–Kier alpha value is -1.55. The third-order valence-electron chi connectivity index (χ3n) is 4.82. The molecule has 1 saturated heterocycles. The molecule has 0 spiro atoms. The van der Waals surface area contributed by atoms with Crippen LogP contribution in [0.15, 0.2) is 18.2 Å². The van der Waals surface area contributed by atoms with Crippen molar-refractivity contribution >= 4 is 6.03 Å². The Kier molecular flexibility index (Phi) is 6.05. The Balaban J connectivity index is 1.89. The summed E-state index contributed by atoms with van der Waals surface area (Å²) in [5.74, 6) is 0.198. The van der Waals surface area contributed by atoms with Gasteiger partial charge in [0.05, 0.1) is 6.10 Å². The molecule has 128 valence electrons. The molecule has 23 heavy (non-hydrogen) atoms. The van der Waals surface area contributed by atoms with Crippen LogP contribution >= 0.6 is 0 Å². The smallest absolute Gasteiger partial charge is 0.317 e. The van der Waals surface area contributed by atoms with Gasteiger partial charge in [-0.25, -0.2) is 4.79 Å². The van der Waals surface area contributed by atoms with E-state index >= 15 is 0 Å². The minimum Gasteiger partial charge on any atom is -0.393 e. The van der Waals surface area contributed by atoms with Crippen molar-refractivity contribution in [2.24, 2.45) is 5.92 Å². The molecular weight excluding hydrogens is 288 g/mol. The molecule has 1 fully saturated rings. The van der Waals surface area contributed by atoms with Gasteiger partial charge in [-0.15, -0.1) is 0 Å². The number of aryl methyl sites for hydroxylation is 2. The van der Waals surface area contributed by atoms with E-state index in [9.17, 15) is 9.90 Å². The summed E-state index contributed by atoms with van der Waals surface area (Å²) in [6, 6.07) is 6.54. The standard InChI is InChI=1S/C19H30N2O2/c1-13-7-8-17(14(2)10-13)11-15(3)20-19(23)21-9-5-6-18(12-21)16(4)22/h7-8,10,15-16,18,22H,5-6,9,11-12H2,1-4H3,(H,20,23). The van der Waals surface area contributed by atoms with E-state index < -0.39 is 0 Å². The minimum absolute atomic E-state index is 0.00684. The molecule has 1 heterocycles. The second kappa shape index (κ2) is 7.82. The molecule has 0 aromatic heterocycles. The molecule has 4 nitrogen and oxygen atoms in total. The summed E-state index contributed by atoms with van der Waals surface area (Å²) in [4.78, 5) is 14.3. The van der Waals surface area contributed by atoms with Gasteiger partial charge in [-0.05, 0) is 58.1 Å². The first kappa shape index (κ1) is 17.8. The van der Waals surface area contributed by atoms with Crippen LogP contribution in [0.5, 0.6) is 0 Å². The van der Waals surface area contributed by atoms with Gasteiger partial charge in [0, 0.05) is 25.0 Å². The molecule has 2 amide bonds. The number of hydrogen-bond donors (Lipinski definition) is 2. The Labute approximate surface area is 139 Å². The fourth-order valence-corrected chi connectivity index (χ4v) is 3.35. The lowest BCUT2D eigenvalue weighted by Crippen LogP contribution is -2.49. The predicted molar refractivity (Wildman–Crippen MR) is 93.6 cm³/mol. The number of carbonyl (C=O) groups is 1. The van der Waals surface area contributed by atoms with Crippen LogP contribution in [0.1, 0.15) is 43.4 Å². The maximum Gasteiger partial charge on any atom is 0.317 e. The highest BCUT2D eigenvalue weighted by Gasteiger charge is 2.26. The molecule has 0 aliphatic carbocycles. The number of amides is 2. The summed E-state index contributed by atoms with van der Waals surface area (Å²) < 4.78 is 0. The van der Waals surface area contributed by atoms with Crippen LogP contribution in [0.3, 0.4) is 0 Å². The van der Waals surface area contributed by atoms with Crippen LogP contribution in [-0.4, -0.2) is 41.3 Å². The zero-order valence-electron chi connectivity index (χ0n) is 14.8. The van der Waals surface area contributed by atoms with Crippen molar-refractivity contribution in [3.63, 3.8) is 0 Å². The largest absolute Gasteiger partial charge is 0.393 e. The third-order valence-corrected chi connectivity index (χ3v) is 4.82. The normalized spacial score (nSPS) is 20.9. The van der Waals surface area contributed by atoms with Crippen molar-refractivity contribution in [1.29, 1.82) is 0 Å². The first-order chi connectivity index (χ1) is 10.9. The quantitative estimate of drug-likeness (QED) is 0.896. The first-order valence-corrected chi connectivity index (χ1v) is 8.66. The van der Waals surface area contributed by atoms with Gasteiger partial charge >= 0.3 is 6.03 Å². The molecule has 3 unspecified atom stereocenters. The van der Waals surface area contributed by atoms with Crippen molar-refractivity contribution < 1.29 is 9.90 Å². The highest BCUT2D eigenvalue weighted by molar-refractivity contribution is 5.74. The molecule has 2 N–H and O–H groups in total. The van der Waals surface area contributed by atoms with Gasteiger partial charge in [-0.2, -0.15) is 0 Å². The molecule has 3 atom stereocenters. The molecule has 1 aliphatic heterocycles. The fourth-order valence-electron chi connectivity index (χ4n) is 3.35. The summed E-state index contributed by atoms with van der Waals surface area (Å²) in [5.41, 5.74) is 3.82. The summed E-state index contributed by atoms with van der Waals surface area (Å²) in [6.45, 7) is 9.51. The molecular formula is C19H30N2O2. The minimum atomic E-state index is -0.349. The Bertz CT molecular complexity index is 542. The van der Waals surface area contributed by atoms with E-state index in [1.165, 1.54) is 16.7 Å². The number of benzene rings is 1. The number of aliphatic hydroxyl groups excluding tert-OH is 1. The van der Waals surface area contributed by atoms with Gasteiger partial charge in [-0.1, -0.05) is 23.8 Å². The monoisotopic (exact) mass is 318 g/mol. The lowest BCUT2D eigenvalue weighted by Gasteiger charge is -2.34. The lowest BCUT2D eigenvalue weighted by atomic mass is 9.93. The zero-order valence-corrected chi connectivity index (χ0v) is 14.8. The Morgan fingerprint density at radius 1 is 1.39 bits per heavy atom. The summed E-state index contributed by atoms with van der Waals surface area (Å²) in [5, 5.41) is 12.9. The summed E-state index contributed by atoms with van der Waals surface area (Å²) >= 11 is 0. The van der Waals surface area contributed by atoms with Gasteiger partial charge in [0.2, 0.25) is 0 Å². The number of hydrogen-bond acceptors (Lipinski definition) is 2. The van der Waals surface area contributed by atoms with E-state index in [1.54, 1.807) is 0 Å². The second-order valence-electron chi connectivity index (χ2n) is 7.07. The Morgan fingerprint density at radius 2 is 2.13 bits per heavy atom. The van der Waals surface area contributed by atoms with Gasteiger partial charge in [-0.3, -0.25) is 0 Å². The van der Waals surface area contributed by atoms with Gasteiger partial charge in [0.15, 0.2) is 0 Å². The van der Waals surface area contributed by atoms with Crippen molar-refractivity contribution in [2.45, 2.75) is 59.1 Å². The highest BCUT2D eigenvalue weighted by atomic mass is 16.3. The molecule has 2 rings (SSSR count). The highest BCUT2D eigenvalue weighted by Crippen LogP contribution is 2.20. The van der Waals surface area contributed by atoms with E-state index in [0.29, 0.717) is 6.54 Å². The number of nitrogens with zero attached hydrogens (tertiary/aromatic N) is 1.